The number of hydrogen-bond donors (Lipinski definition) is 1. The van der Waals surface area contributed by atoms with E-state index in [2.05, 4.69) is 27.1 Å². The number of aromatic nitrogens is 2. The Morgan fingerprint density at radius 1 is 1.58 bits per heavy atom. The molecule has 0 saturated carbocycles. The van der Waals surface area contributed by atoms with Crippen molar-refractivity contribution in [3.8, 4) is 0 Å². The number of halogens is 1. The first-order valence-electron chi connectivity index (χ1n) is 6.29. The summed E-state index contributed by atoms with van der Waals surface area (Å²) in [4.78, 5) is 2.47. The summed E-state index contributed by atoms with van der Waals surface area (Å²) in [6.07, 6.45) is 2.30. The fraction of sp³-hybridized carbons (Fsp3) is 0.462. The Labute approximate surface area is 129 Å². The van der Waals surface area contributed by atoms with Crippen molar-refractivity contribution in [1.82, 2.24) is 9.78 Å². The molecule has 0 amide bonds. The van der Waals surface area contributed by atoms with Crippen LogP contribution < -0.4 is 0 Å². The molecule has 1 N–H and O–H groups in total. The van der Waals surface area contributed by atoms with E-state index in [9.17, 15) is 5.11 Å². The summed E-state index contributed by atoms with van der Waals surface area (Å²) in [5.74, 6) is 2.27. The van der Waals surface area contributed by atoms with Crippen LogP contribution in [0.5, 0.6) is 0 Å². The number of aliphatic hydroxyl groups excluding tert-OH is 1. The zero-order chi connectivity index (χ0) is 13.4. The van der Waals surface area contributed by atoms with Gasteiger partial charge in [0, 0.05) is 22.1 Å². The van der Waals surface area contributed by atoms with Gasteiger partial charge in [-0.3, -0.25) is 4.68 Å². The molecule has 0 aromatic carbocycles. The van der Waals surface area contributed by atoms with Crippen LogP contribution >= 0.6 is 39.0 Å². The SMILES string of the molecule is CCn1ncc(Br)c1C(O)c1cc2c(s1)CCSC2. The van der Waals surface area contributed by atoms with Gasteiger partial charge < -0.3 is 5.11 Å². The largest absolute Gasteiger partial charge is 0.381 e. The summed E-state index contributed by atoms with van der Waals surface area (Å²) in [6.45, 7) is 2.80. The van der Waals surface area contributed by atoms with Crippen LogP contribution in [-0.4, -0.2) is 20.6 Å². The Morgan fingerprint density at radius 2 is 2.42 bits per heavy atom. The topological polar surface area (TPSA) is 38.0 Å². The average molecular weight is 359 g/mol. The third-order valence-corrected chi connectivity index (χ3v) is 6.22. The molecule has 2 aromatic heterocycles. The van der Waals surface area contributed by atoms with Gasteiger partial charge in [0.05, 0.1) is 16.4 Å². The minimum Gasteiger partial charge on any atom is -0.381 e. The number of nitrogens with zero attached hydrogens (tertiary/aromatic N) is 2. The summed E-state index contributed by atoms with van der Waals surface area (Å²) in [7, 11) is 0. The second-order valence-corrected chi connectivity index (χ2v) is 7.62. The predicted octanol–water partition coefficient (Wildman–Crippen LogP) is 3.60. The van der Waals surface area contributed by atoms with Crippen LogP contribution in [0.15, 0.2) is 16.7 Å². The first-order chi connectivity index (χ1) is 9.20. The predicted molar refractivity (Wildman–Crippen MR) is 83.8 cm³/mol. The second-order valence-electron chi connectivity index (χ2n) is 4.50. The third kappa shape index (κ3) is 2.51. The van der Waals surface area contributed by atoms with Gasteiger partial charge >= 0.3 is 0 Å². The zero-order valence-electron chi connectivity index (χ0n) is 10.6. The van der Waals surface area contributed by atoms with E-state index >= 15 is 0 Å². The van der Waals surface area contributed by atoms with Gasteiger partial charge in [-0.1, -0.05) is 0 Å². The molecule has 2 aromatic rings. The standard InChI is InChI=1S/C13H15BrN2OS2/c1-2-16-12(9(14)6-15-16)13(17)11-5-8-7-18-4-3-10(8)19-11/h5-6,13,17H,2-4,7H2,1H3. The van der Waals surface area contributed by atoms with Crippen molar-refractivity contribution >= 4 is 39.0 Å². The first-order valence-corrected chi connectivity index (χ1v) is 9.05. The highest BCUT2D eigenvalue weighted by Gasteiger charge is 2.23. The normalized spacial score (nSPS) is 16.4. The molecule has 1 aliphatic heterocycles. The van der Waals surface area contributed by atoms with Crippen LogP contribution in [0.3, 0.4) is 0 Å². The van der Waals surface area contributed by atoms with E-state index in [0.29, 0.717) is 0 Å². The Hall–Kier alpha value is -0.300. The highest BCUT2D eigenvalue weighted by atomic mass is 79.9. The van der Waals surface area contributed by atoms with Crippen molar-refractivity contribution in [1.29, 1.82) is 0 Å². The number of rotatable bonds is 3. The molecular weight excluding hydrogens is 344 g/mol. The van der Waals surface area contributed by atoms with Crippen LogP contribution in [0, 0.1) is 0 Å². The van der Waals surface area contributed by atoms with Crippen molar-refractivity contribution in [2.75, 3.05) is 5.75 Å². The molecule has 6 heteroatoms. The average Bonchev–Trinajstić information content (AvgIpc) is 3.01. The molecule has 1 aliphatic rings. The molecule has 0 spiro atoms. The number of aliphatic hydroxyl groups is 1. The molecule has 102 valence electrons. The van der Waals surface area contributed by atoms with Crippen LogP contribution in [-0.2, 0) is 18.7 Å². The van der Waals surface area contributed by atoms with E-state index in [-0.39, 0.29) is 0 Å². The molecule has 0 radical (unpaired) electrons. The number of aryl methyl sites for hydroxylation is 2. The Bertz CT molecular complexity index is 570. The summed E-state index contributed by atoms with van der Waals surface area (Å²) in [5, 5.41) is 14.9. The van der Waals surface area contributed by atoms with Crippen molar-refractivity contribution < 1.29 is 5.11 Å². The van der Waals surface area contributed by atoms with Crippen molar-refractivity contribution in [2.24, 2.45) is 0 Å². The van der Waals surface area contributed by atoms with Gasteiger partial charge in [0.2, 0.25) is 0 Å². The fourth-order valence-corrected chi connectivity index (χ4v) is 5.21. The van der Waals surface area contributed by atoms with Gasteiger partial charge in [0.15, 0.2) is 0 Å². The highest BCUT2D eigenvalue weighted by Crippen LogP contribution is 2.38. The Balaban J connectivity index is 1.97. The lowest BCUT2D eigenvalue weighted by Gasteiger charge is -2.11. The lowest BCUT2D eigenvalue weighted by atomic mass is 10.1. The molecule has 0 fully saturated rings. The second kappa shape index (κ2) is 5.60. The lowest BCUT2D eigenvalue weighted by molar-refractivity contribution is 0.211. The van der Waals surface area contributed by atoms with Gasteiger partial charge in [-0.05, 0) is 46.7 Å². The number of fused-ring (bicyclic) bond motifs is 1. The molecule has 3 nitrogen and oxygen atoms in total. The van der Waals surface area contributed by atoms with E-state index in [0.717, 1.165) is 33.8 Å². The molecule has 1 atom stereocenters. The Kier molecular flexibility index (Phi) is 4.03. The van der Waals surface area contributed by atoms with Crippen molar-refractivity contribution in [3.63, 3.8) is 0 Å². The minimum atomic E-state index is -0.586. The molecular formula is C13H15BrN2OS2. The maximum Gasteiger partial charge on any atom is 0.131 e. The van der Waals surface area contributed by atoms with E-state index in [1.807, 2.05) is 23.4 Å². The number of thioether (sulfide) groups is 1. The third-order valence-electron chi connectivity index (χ3n) is 3.31. The smallest absolute Gasteiger partial charge is 0.131 e. The van der Waals surface area contributed by atoms with Crippen LogP contribution in [0.25, 0.3) is 0 Å². The summed E-state index contributed by atoms with van der Waals surface area (Å²) < 4.78 is 2.73. The first kappa shape index (κ1) is 13.7. The maximum absolute atomic E-state index is 10.6. The van der Waals surface area contributed by atoms with E-state index in [1.54, 1.807) is 17.5 Å². The summed E-state index contributed by atoms with van der Waals surface area (Å²) in [6, 6.07) is 2.16. The molecule has 3 heterocycles. The van der Waals surface area contributed by atoms with E-state index in [1.165, 1.54) is 16.2 Å². The molecule has 19 heavy (non-hydrogen) atoms. The minimum absolute atomic E-state index is 0.586. The van der Waals surface area contributed by atoms with E-state index in [4.69, 9.17) is 0 Å². The van der Waals surface area contributed by atoms with Gasteiger partial charge in [0.25, 0.3) is 0 Å². The number of hydrogen-bond acceptors (Lipinski definition) is 4. The summed E-state index contributed by atoms with van der Waals surface area (Å²) >= 11 is 7.20. The molecule has 1 unspecified atom stereocenters. The quantitative estimate of drug-likeness (QED) is 0.910. The Morgan fingerprint density at radius 3 is 3.16 bits per heavy atom. The monoisotopic (exact) mass is 358 g/mol. The van der Waals surface area contributed by atoms with Crippen LogP contribution in [0.1, 0.15) is 34.0 Å². The van der Waals surface area contributed by atoms with Crippen molar-refractivity contribution in [2.45, 2.75) is 31.7 Å². The lowest BCUT2D eigenvalue weighted by Crippen LogP contribution is -2.08. The van der Waals surface area contributed by atoms with Crippen LogP contribution in [0.4, 0.5) is 0 Å². The van der Waals surface area contributed by atoms with Gasteiger partial charge in [-0.25, -0.2) is 0 Å². The molecule has 0 saturated heterocycles. The maximum atomic E-state index is 10.6. The summed E-state index contributed by atoms with van der Waals surface area (Å²) in [5.41, 5.74) is 2.25. The molecule has 0 bridgehead atoms. The molecule has 3 rings (SSSR count). The molecule has 0 aliphatic carbocycles. The zero-order valence-corrected chi connectivity index (χ0v) is 13.8. The van der Waals surface area contributed by atoms with E-state index < -0.39 is 6.10 Å². The van der Waals surface area contributed by atoms with Gasteiger partial charge in [-0.2, -0.15) is 16.9 Å². The highest BCUT2D eigenvalue weighted by molar-refractivity contribution is 9.10. The van der Waals surface area contributed by atoms with Crippen LogP contribution in [0.2, 0.25) is 0 Å². The van der Waals surface area contributed by atoms with Gasteiger partial charge in [-0.15, -0.1) is 11.3 Å². The number of thiophene rings is 1. The van der Waals surface area contributed by atoms with Crippen molar-refractivity contribution in [3.05, 3.63) is 37.7 Å². The van der Waals surface area contributed by atoms with Gasteiger partial charge in [0.1, 0.15) is 6.10 Å². The fourth-order valence-electron chi connectivity index (χ4n) is 2.34.